The molecule has 0 spiro atoms. The van der Waals surface area contributed by atoms with Crippen LogP contribution in [0.2, 0.25) is 5.02 Å². The third-order valence-corrected chi connectivity index (χ3v) is 3.24. The zero-order valence-corrected chi connectivity index (χ0v) is 11.2. The first-order chi connectivity index (χ1) is 9.73. The molecule has 2 aromatic carbocycles. The molecular weight excluding hydrogens is 307 g/mol. The van der Waals surface area contributed by atoms with E-state index in [4.69, 9.17) is 22.4 Å². The van der Waals surface area contributed by atoms with Crippen molar-refractivity contribution < 1.29 is 23.1 Å². The fourth-order valence-corrected chi connectivity index (χ4v) is 2.30. The second kappa shape index (κ2) is 5.29. The summed E-state index contributed by atoms with van der Waals surface area (Å²) in [5, 5.41) is 8.52. The SMILES string of the molecule is Nc1c(C(=O)O)cccc1-c1cccc(Cl)c1C(F)(F)F. The normalized spacial score (nSPS) is 11.4. The van der Waals surface area contributed by atoms with E-state index in [9.17, 15) is 18.0 Å². The number of para-hydroxylation sites is 1. The molecule has 110 valence electrons. The van der Waals surface area contributed by atoms with E-state index in [-0.39, 0.29) is 22.4 Å². The van der Waals surface area contributed by atoms with Gasteiger partial charge >= 0.3 is 12.1 Å². The Hall–Kier alpha value is -2.21. The fourth-order valence-electron chi connectivity index (χ4n) is 2.02. The van der Waals surface area contributed by atoms with Crippen molar-refractivity contribution in [2.24, 2.45) is 0 Å². The zero-order chi connectivity index (χ0) is 15.8. The third kappa shape index (κ3) is 2.80. The van der Waals surface area contributed by atoms with Gasteiger partial charge in [-0.15, -0.1) is 0 Å². The Morgan fingerprint density at radius 1 is 1.10 bits per heavy atom. The average molecular weight is 316 g/mol. The lowest BCUT2D eigenvalue weighted by Crippen LogP contribution is -2.10. The Kier molecular flexibility index (Phi) is 3.82. The predicted molar refractivity (Wildman–Crippen MR) is 73.3 cm³/mol. The molecule has 0 saturated carbocycles. The standard InChI is InChI=1S/C14H9ClF3NO2/c15-10-6-2-3-7(11(10)14(16,17)18)8-4-1-5-9(12(8)19)13(20)21/h1-6H,19H2,(H,20,21). The molecule has 2 aromatic rings. The minimum absolute atomic E-state index is 0.0234. The van der Waals surface area contributed by atoms with Crippen LogP contribution in [0.1, 0.15) is 15.9 Å². The maximum absolute atomic E-state index is 13.1. The molecule has 0 saturated heterocycles. The van der Waals surface area contributed by atoms with Crippen LogP contribution < -0.4 is 5.73 Å². The van der Waals surface area contributed by atoms with Gasteiger partial charge in [-0.3, -0.25) is 0 Å². The summed E-state index contributed by atoms with van der Waals surface area (Å²) in [6, 6.07) is 7.54. The molecule has 0 amide bonds. The molecule has 0 heterocycles. The number of benzene rings is 2. The van der Waals surface area contributed by atoms with Gasteiger partial charge in [-0.25, -0.2) is 4.79 Å². The molecule has 7 heteroatoms. The number of anilines is 1. The summed E-state index contributed by atoms with van der Waals surface area (Å²) in [7, 11) is 0. The number of nitrogens with two attached hydrogens (primary N) is 1. The Bertz CT molecular complexity index is 714. The summed E-state index contributed by atoms with van der Waals surface area (Å²) < 4.78 is 39.4. The van der Waals surface area contributed by atoms with Crippen molar-refractivity contribution in [2.75, 3.05) is 5.73 Å². The van der Waals surface area contributed by atoms with Gasteiger partial charge in [-0.2, -0.15) is 13.2 Å². The van der Waals surface area contributed by atoms with Gasteiger partial charge < -0.3 is 10.8 Å². The van der Waals surface area contributed by atoms with Crippen LogP contribution in [-0.2, 0) is 6.18 Å². The highest BCUT2D eigenvalue weighted by molar-refractivity contribution is 6.32. The second-order valence-corrected chi connectivity index (χ2v) is 4.64. The van der Waals surface area contributed by atoms with Crippen LogP contribution in [0.3, 0.4) is 0 Å². The van der Waals surface area contributed by atoms with Crippen molar-refractivity contribution >= 4 is 23.3 Å². The molecule has 3 N–H and O–H groups in total. The monoisotopic (exact) mass is 315 g/mol. The topological polar surface area (TPSA) is 63.3 Å². The number of carbonyl (C=O) groups is 1. The fraction of sp³-hybridized carbons (Fsp3) is 0.0714. The van der Waals surface area contributed by atoms with Gasteiger partial charge in [-0.1, -0.05) is 35.9 Å². The number of aromatic carboxylic acids is 1. The maximum atomic E-state index is 13.1. The van der Waals surface area contributed by atoms with Crippen molar-refractivity contribution in [2.45, 2.75) is 6.18 Å². The number of hydrogen-bond acceptors (Lipinski definition) is 2. The summed E-state index contributed by atoms with van der Waals surface area (Å²) in [6.45, 7) is 0. The van der Waals surface area contributed by atoms with Gasteiger partial charge in [0.1, 0.15) is 0 Å². The molecule has 3 nitrogen and oxygen atoms in total. The first-order valence-corrected chi connectivity index (χ1v) is 6.09. The highest BCUT2D eigenvalue weighted by Crippen LogP contribution is 2.43. The van der Waals surface area contributed by atoms with Crippen molar-refractivity contribution in [1.29, 1.82) is 0 Å². The second-order valence-electron chi connectivity index (χ2n) is 4.23. The Morgan fingerprint density at radius 3 is 2.24 bits per heavy atom. The zero-order valence-electron chi connectivity index (χ0n) is 10.4. The predicted octanol–water partition coefficient (Wildman–Crippen LogP) is 4.31. The lowest BCUT2D eigenvalue weighted by molar-refractivity contribution is -0.137. The van der Waals surface area contributed by atoms with Gasteiger partial charge in [0.25, 0.3) is 0 Å². The van der Waals surface area contributed by atoms with Gasteiger partial charge in [0.2, 0.25) is 0 Å². The summed E-state index contributed by atoms with van der Waals surface area (Å²) in [5.74, 6) is -1.31. The molecule has 0 aromatic heterocycles. The molecular formula is C14H9ClF3NO2. The van der Waals surface area contributed by atoms with Crippen LogP contribution in [0.4, 0.5) is 18.9 Å². The Morgan fingerprint density at radius 2 is 1.67 bits per heavy atom. The summed E-state index contributed by atoms with van der Waals surface area (Å²) in [5.41, 5.74) is 3.87. The van der Waals surface area contributed by atoms with E-state index >= 15 is 0 Å². The van der Waals surface area contributed by atoms with Crippen LogP contribution in [0.5, 0.6) is 0 Å². The quantitative estimate of drug-likeness (QED) is 0.812. The summed E-state index contributed by atoms with van der Waals surface area (Å²) in [6.07, 6.45) is -4.68. The van der Waals surface area contributed by atoms with Gasteiger partial charge in [0, 0.05) is 5.56 Å². The number of hydrogen-bond donors (Lipinski definition) is 2. The number of halogens is 4. The third-order valence-electron chi connectivity index (χ3n) is 2.92. The number of nitrogen functional groups attached to an aromatic ring is 1. The van der Waals surface area contributed by atoms with Crippen molar-refractivity contribution in [3.05, 3.63) is 52.5 Å². The number of alkyl halides is 3. The Labute approximate surface area is 122 Å². The molecule has 0 radical (unpaired) electrons. The highest BCUT2D eigenvalue weighted by atomic mass is 35.5. The van der Waals surface area contributed by atoms with E-state index < -0.39 is 22.7 Å². The molecule has 0 bridgehead atoms. The molecule has 0 aliphatic carbocycles. The summed E-state index contributed by atoms with van der Waals surface area (Å²) >= 11 is 5.64. The molecule has 0 atom stereocenters. The molecule has 2 rings (SSSR count). The lowest BCUT2D eigenvalue weighted by Gasteiger charge is -2.16. The Balaban J connectivity index is 2.78. The first-order valence-electron chi connectivity index (χ1n) is 5.71. The molecule has 0 unspecified atom stereocenters. The van der Waals surface area contributed by atoms with E-state index in [0.717, 1.165) is 6.07 Å². The van der Waals surface area contributed by atoms with Crippen LogP contribution >= 0.6 is 11.6 Å². The van der Waals surface area contributed by atoms with Crippen LogP contribution in [0, 0.1) is 0 Å². The lowest BCUT2D eigenvalue weighted by atomic mass is 9.95. The van der Waals surface area contributed by atoms with E-state index in [1.165, 1.54) is 30.3 Å². The van der Waals surface area contributed by atoms with E-state index in [0.29, 0.717) is 0 Å². The molecule has 0 aliphatic rings. The van der Waals surface area contributed by atoms with Gasteiger partial charge in [0.15, 0.2) is 0 Å². The van der Waals surface area contributed by atoms with Crippen LogP contribution in [-0.4, -0.2) is 11.1 Å². The van der Waals surface area contributed by atoms with Crippen LogP contribution in [0.15, 0.2) is 36.4 Å². The number of carboxylic acid groups (broad SMARTS) is 1. The largest absolute Gasteiger partial charge is 0.478 e. The minimum atomic E-state index is -4.68. The van der Waals surface area contributed by atoms with Crippen molar-refractivity contribution in [3.8, 4) is 11.1 Å². The number of carboxylic acids is 1. The van der Waals surface area contributed by atoms with Crippen LogP contribution in [0.25, 0.3) is 11.1 Å². The maximum Gasteiger partial charge on any atom is 0.418 e. The minimum Gasteiger partial charge on any atom is -0.478 e. The molecule has 0 fully saturated rings. The smallest absolute Gasteiger partial charge is 0.418 e. The van der Waals surface area contributed by atoms with Gasteiger partial charge in [0.05, 0.1) is 21.8 Å². The molecule has 0 aliphatic heterocycles. The van der Waals surface area contributed by atoms with Crippen molar-refractivity contribution in [1.82, 2.24) is 0 Å². The van der Waals surface area contributed by atoms with E-state index in [1.54, 1.807) is 0 Å². The van der Waals surface area contributed by atoms with E-state index in [1.807, 2.05) is 0 Å². The highest BCUT2D eigenvalue weighted by Gasteiger charge is 2.36. The number of rotatable bonds is 2. The first kappa shape index (κ1) is 15.2. The van der Waals surface area contributed by atoms with E-state index in [2.05, 4.69) is 0 Å². The van der Waals surface area contributed by atoms with Crippen molar-refractivity contribution in [3.63, 3.8) is 0 Å². The summed E-state index contributed by atoms with van der Waals surface area (Å²) in [4.78, 5) is 11.0. The average Bonchev–Trinajstić information content (AvgIpc) is 2.36. The molecule has 21 heavy (non-hydrogen) atoms. The van der Waals surface area contributed by atoms with Gasteiger partial charge in [-0.05, 0) is 17.7 Å².